The first-order chi connectivity index (χ1) is 14.0. The number of fused-ring (bicyclic) bond motifs is 2. The molecule has 0 saturated heterocycles. The fourth-order valence-corrected chi connectivity index (χ4v) is 4.19. The summed E-state index contributed by atoms with van der Waals surface area (Å²) in [7, 11) is 1.93. The Morgan fingerprint density at radius 1 is 1.28 bits per heavy atom. The predicted octanol–water partition coefficient (Wildman–Crippen LogP) is 4.44. The Hall–Kier alpha value is -2.84. The topological polar surface area (TPSA) is 79.5 Å². The first kappa shape index (κ1) is 19.5. The van der Waals surface area contributed by atoms with E-state index in [2.05, 4.69) is 31.4 Å². The molecule has 6 nitrogen and oxygen atoms in total. The maximum absolute atomic E-state index is 12.2. The molecule has 0 atom stereocenters. The minimum atomic E-state index is -0.249. The van der Waals surface area contributed by atoms with Crippen molar-refractivity contribution in [3.05, 3.63) is 64.6 Å². The van der Waals surface area contributed by atoms with E-state index < -0.39 is 0 Å². The Labute approximate surface area is 179 Å². The maximum Gasteiger partial charge on any atom is 0.250 e. The molecule has 1 heterocycles. The second-order valence-electron chi connectivity index (χ2n) is 6.39. The molecule has 146 valence electrons. The number of benzene rings is 3. The van der Waals surface area contributed by atoms with Crippen LogP contribution in [-0.4, -0.2) is 32.5 Å². The Balaban J connectivity index is 1.43. The third-order valence-corrected chi connectivity index (χ3v) is 5.98. The van der Waals surface area contributed by atoms with E-state index in [-0.39, 0.29) is 17.4 Å². The summed E-state index contributed by atoms with van der Waals surface area (Å²) >= 11 is 4.78. The summed E-state index contributed by atoms with van der Waals surface area (Å²) in [5.41, 5.74) is 4.98. The minimum absolute atomic E-state index is 0.104. The van der Waals surface area contributed by atoms with Gasteiger partial charge in [0, 0.05) is 17.1 Å². The first-order valence-electron chi connectivity index (χ1n) is 8.80. The number of amides is 1. The number of phenols is 1. The molecule has 4 aromatic rings. The number of para-hydroxylation sites is 2. The second kappa shape index (κ2) is 8.26. The molecule has 2 N–H and O–H groups in total. The summed E-state index contributed by atoms with van der Waals surface area (Å²) in [4.78, 5) is 16.7. The van der Waals surface area contributed by atoms with Crippen molar-refractivity contribution < 1.29 is 9.90 Å². The quantitative estimate of drug-likeness (QED) is 0.257. The van der Waals surface area contributed by atoms with E-state index in [1.807, 2.05) is 60.1 Å². The van der Waals surface area contributed by atoms with Gasteiger partial charge < -0.3 is 9.67 Å². The highest BCUT2D eigenvalue weighted by molar-refractivity contribution is 9.10. The number of imidazole rings is 1. The summed E-state index contributed by atoms with van der Waals surface area (Å²) in [5, 5.41) is 16.8. The van der Waals surface area contributed by atoms with E-state index in [4.69, 9.17) is 0 Å². The van der Waals surface area contributed by atoms with E-state index in [1.54, 1.807) is 6.07 Å². The number of rotatable bonds is 5. The Morgan fingerprint density at radius 3 is 2.93 bits per heavy atom. The van der Waals surface area contributed by atoms with Gasteiger partial charge in [-0.15, -0.1) is 0 Å². The van der Waals surface area contributed by atoms with Gasteiger partial charge in [-0.25, -0.2) is 10.4 Å². The smallest absolute Gasteiger partial charge is 0.250 e. The summed E-state index contributed by atoms with van der Waals surface area (Å²) in [6.07, 6.45) is 1.46. The second-order valence-corrected chi connectivity index (χ2v) is 8.25. The number of aryl methyl sites for hydroxylation is 1. The number of nitrogens with one attached hydrogen (secondary N) is 1. The molecule has 0 aliphatic carbocycles. The molecule has 0 radical (unpaired) electrons. The highest BCUT2D eigenvalue weighted by atomic mass is 79.9. The summed E-state index contributed by atoms with van der Waals surface area (Å²) in [6.45, 7) is 0. The average Bonchev–Trinajstić information content (AvgIpc) is 3.04. The van der Waals surface area contributed by atoms with Crippen LogP contribution >= 0.6 is 27.7 Å². The number of carbonyl (C=O) groups is 1. The number of halogens is 1. The lowest BCUT2D eigenvalue weighted by molar-refractivity contribution is -0.118. The lowest BCUT2D eigenvalue weighted by Gasteiger charge is -2.06. The van der Waals surface area contributed by atoms with Crippen LogP contribution < -0.4 is 5.43 Å². The number of hydrogen-bond acceptors (Lipinski definition) is 5. The fourth-order valence-electron chi connectivity index (χ4n) is 3.03. The van der Waals surface area contributed by atoms with Gasteiger partial charge in [0.1, 0.15) is 5.75 Å². The van der Waals surface area contributed by atoms with Gasteiger partial charge in [-0.2, -0.15) is 5.10 Å². The summed E-state index contributed by atoms with van der Waals surface area (Å²) in [6, 6.07) is 17.0. The molecule has 0 unspecified atom stereocenters. The number of hydrazone groups is 1. The molecule has 0 spiro atoms. The van der Waals surface area contributed by atoms with Crippen molar-refractivity contribution in [2.24, 2.45) is 12.1 Å². The van der Waals surface area contributed by atoms with Crippen LogP contribution in [0.25, 0.3) is 21.8 Å². The van der Waals surface area contributed by atoms with Crippen molar-refractivity contribution in [1.82, 2.24) is 15.0 Å². The number of thioether (sulfide) groups is 1. The molecule has 0 saturated carbocycles. The molecule has 1 aromatic heterocycles. The van der Waals surface area contributed by atoms with Crippen LogP contribution in [0.5, 0.6) is 5.75 Å². The number of nitrogens with zero attached hydrogens (tertiary/aromatic N) is 3. The van der Waals surface area contributed by atoms with Crippen molar-refractivity contribution in [3.8, 4) is 5.75 Å². The molecule has 8 heteroatoms. The molecular weight excluding hydrogens is 452 g/mol. The SMILES string of the molecule is Cn1c(SCC(=O)N/N=C\c2c(O)ccc3cc(Br)ccc23)nc2ccccc21. The van der Waals surface area contributed by atoms with Gasteiger partial charge >= 0.3 is 0 Å². The monoisotopic (exact) mass is 468 g/mol. The van der Waals surface area contributed by atoms with Crippen LogP contribution in [0.2, 0.25) is 0 Å². The van der Waals surface area contributed by atoms with Crippen molar-refractivity contribution in [1.29, 1.82) is 0 Å². The molecular formula is C21H17BrN4O2S. The van der Waals surface area contributed by atoms with Gasteiger partial charge in [0.15, 0.2) is 5.16 Å². The van der Waals surface area contributed by atoms with E-state index in [0.717, 1.165) is 31.4 Å². The lowest BCUT2D eigenvalue weighted by atomic mass is 10.0. The van der Waals surface area contributed by atoms with Gasteiger partial charge in [-0.3, -0.25) is 4.79 Å². The zero-order valence-corrected chi connectivity index (χ0v) is 17.9. The normalized spacial score (nSPS) is 11.5. The largest absolute Gasteiger partial charge is 0.507 e. The van der Waals surface area contributed by atoms with Crippen molar-refractivity contribution in [2.75, 3.05) is 5.75 Å². The Bertz CT molecular complexity index is 1250. The molecule has 0 aliphatic heterocycles. The van der Waals surface area contributed by atoms with Crippen molar-refractivity contribution in [2.45, 2.75) is 5.16 Å². The van der Waals surface area contributed by atoms with Crippen LogP contribution in [0.4, 0.5) is 0 Å². The third kappa shape index (κ3) is 4.13. The van der Waals surface area contributed by atoms with Gasteiger partial charge in [0.05, 0.1) is 23.0 Å². The number of phenolic OH excluding ortho intramolecular Hbond substituents is 1. The summed E-state index contributed by atoms with van der Waals surface area (Å²) < 4.78 is 2.91. The fraction of sp³-hybridized carbons (Fsp3) is 0.0952. The third-order valence-electron chi connectivity index (χ3n) is 4.46. The number of aromatic hydroxyl groups is 1. The standard InChI is InChI=1S/C21H17BrN4O2S/c1-26-18-5-3-2-4-17(18)24-21(26)29-12-20(28)25-23-11-16-15-8-7-14(22)10-13(15)6-9-19(16)27/h2-11,27H,12H2,1H3,(H,25,28)/b23-11-. The first-order valence-corrected chi connectivity index (χ1v) is 10.6. The van der Waals surface area contributed by atoms with E-state index in [1.165, 1.54) is 18.0 Å². The predicted molar refractivity (Wildman–Crippen MR) is 120 cm³/mol. The van der Waals surface area contributed by atoms with E-state index in [9.17, 15) is 9.90 Å². The maximum atomic E-state index is 12.2. The molecule has 0 aliphatic rings. The van der Waals surface area contributed by atoms with Crippen LogP contribution in [0.3, 0.4) is 0 Å². The van der Waals surface area contributed by atoms with E-state index in [0.29, 0.717) is 5.56 Å². The minimum Gasteiger partial charge on any atom is -0.507 e. The Morgan fingerprint density at radius 2 is 2.10 bits per heavy atom. The Kier molecular flexibility index (Phi) is 5.55. The zero-order valence-electron chi connectivity index (χ0n) is 15.5. The number of carbonyl (C=O) groups excluding carboxylic acids is 1. The van der Waals surface area contributed by atoms with Gasteiger partial charge in [-0.1, -0.05) is 52.0 Å². The molecule has 1 amide bonds. The molecule has 4 rings (SSSR count). The van der Waals surface area contributed by atoms with Crippen LogP contribution in [0.15, 0.2) is 69.3 Å². The number of hydrogen-bond donors (Lipinski definition) is 2. The van der Waals surface area contributed by atoms with Gasteiger partial charge in [-0.05, 0) is 41.1 Å². The zero-order chi connectivity index (χ0) is 20.4. The van der Waals surface area contributed by atoms with E-state index >= 15 is 0 Å². The molecule has 29 heavy (non-hydrogen) atoms. The molecule has 0 fully saturated rings. The van der Waals surface area contributed by atoms with Gasteiger partial charge in [0.2, 0.25) is 0 Å². The molecule has 3 aromatic carbocycles. The van der Waals surface area contributed by atoms with Crippen molar-refractivity contribution in [3.63, 3.8) is 0 Å². The average molecular weight is 469 g/mol. The lowest BCUT2D eigenvalue weighted by Crippen LogP contribution is -2.19. The molecule has 0 bridgehead atoms. The highest BCUT2D eigenvalue weighted by Gasteiger charge is 2.10. The highest BCUT2D eigenvalue weighted by Crippen LogP contribution is 2.28. The number of aromatic nitrogens is 2. The summed E-state index contributed by atoms with van der Waals surface area (Å²) in [5.74, 6) is 0.0378. The van der Waals surface area contributed by atoms with Crippen LogP contribution in [0.1, 0.15) is 5.56 Å². The van der Waals surface area contributed by atoms with Gasteiger partial charge in [0.25, 0.3) is 5.91 Å². The van der Waals surface area contributed by atoms with Crippen LogP contribution in [0, 0.1) is 0 Å². The van der Waals surface area contributed by atoms with Crippen molar-refractivity contribution >= 4 is 61.6 Å². The van der Waals surface area contributed by atoms with Crippen LogP contribution in [-0.2, 0) is 11.8 Å².